The van der Waals surface area contributed by atoms with E-state index in [-0.39, 0.29) is 5.91 Å². The molecule has 0 spiro atoms. The number of carbonyl (C=O) groups is 1. The van der Waals surface area contributed by atoms with E-state index < -0.39 is 0 Å². The minimum Gasteiger partial charge on any atom is -0.377 e. The van der Waals surface area contributed by atoms with Crippen molar-refractivity contribution in [3.8, 4) is 0 Å². The van der Waals surface area contributed by atoms with Gasteiger partial charge in [-0.15, -0.1) is 0 Å². The number of nitrogens with one attached hydrogen (secondary N) is 1. The fourth-order valence-corrected chi connectivity index (χ4v) is 1.98. The highest BCUT2D eigenvalue weighted by molar-refractivity contribution is 6.08. The zero-order valence-corrected chi connectivity index (χ0v) is 11.5. The number of para-hydroxylation sites is 1. The van der Waals surface area contributed by atoms with E-state index >= 15 is 0 Å². The quantitative estimate of drug-likeness (QED) is 0.911. The molecule has 0 aromatic heterocycles. The summed E-state index contributed by atoms with van der Waals surface area (Å²) in [6, 6.07) is 15.4. The zero-order valence-electron chi connectivity index (χ0n) is 11.5. The average molecular weight is 254 g/mol. The highest BCUT2D eigenvalue weighted by Gasteiger charge is 2.12. The lowest BCUT2D eigenvalue weighted by Gasteiger charge is -2.17. The van der Waals surface area contributed by atoms with Gasteiger partial charge in [-0.2, -0.15) is 0 Å². The van der Waals surface area contributed by atoms with Crippen molar-refractivity contribution in [1.29, 1.82) is 0 Å². The highest BCUT2D eigenvalue weighted by Crippen LogP contribution is 2.19. The Kier molecular flexibility index (Phi) is 3.85. The van der Waals surface area contributed by atoms with Crippen molar-refractivity contribution in [2.24, 2.45) is 0 Å². The number of nitrogens with zero attached hydrogens (tertiary/aromatic N) is 1. The van der Waals surface area contributed by atoms with Gasteiger partial charge in [-0.25, -0.2) is 0 Å². The molecule has 98 valence electrons. The van der Waals surface area contributed by atoms with Crippen LogP contribution < -0.4 is 10.2 Å². The number of anilines is 2. The third-order valence-corrected chi connectivity index (χ3v) is 2.91. The lowest BCUT2D eigenvalue weighted by molar-refractivity contribution is 0.102. The maximum absolute atomic E-state index is 12.3. The Bertz CT molecular complexity index is 591. The summed E-state index contributed by atoms with van der Waals surface area (Å²) in [6.07, 6.45) is 0. The summed E-state index contributed by atoms with van der Waals surface area (Å²) in [6.45, 7) is 2.00. The Labute approximate surface area is 113 Å². The molecule has 0 fully saturated rings. The fraction of sp³-hybridized carbons (Fsp3) is 0.188. The second-order valence-electron chi connectivity index (χ2n) is 4.74. The topological polar surface area (TPSA) is 32.3 Å². The van der Waals surface area contributed by atoms with Gasteiger partial charge in [0.1, 0.15) is 0 Å². The van der Waals surface area contributed by atoms with E-state index in [1.54, 1.807) is 0 Å². The van der Waals surface area contributed by atoms with Gasteiger partial charge in [0.15, 0.2) is 0 Å². The summed E-state index contributed by atoms with van der Waals surface area (Å²) in [7, 11) is 3.86. The molecule has 0 aliphatic heterocycles. The van der Waals surface area contributed by atoms with Crippen LogP contribution in [0.15, 0.2) is 48.5 Å². The summed E-state index contributed by atoms with van der Waals surface area (Å²) in [5, 5.41) is 2.93. The van der Waals surface area contributed by atoms with Crippen LogP contribution in [0.4, 0.5) is 11.4 Å². The number of rotatable bonds is 3. The fourth-order valence-electron chi connectivity index (χ4n) is 1.98. The molecule has 0 atom stereocenters. The van der Waals surface area contributed by atoms with Crippen LogP contribution in [0, 0.1) is 6.92 Å². The Hall–Kier alpha value is -2.29. The van der Waals surface area contributed by atoms with Crippen LogP contribution in [-0.2, 0) is 0 Å². The first-order valence-electron chi connectivity index (χ1n) is 6.22. The number of hydrogen-bond donors (Lipinski definition) is 1. The van der Waals surface area contributed by atoms with Crippen LogP contribution in [0.2, 0.25) is 0 Å². The van der Waals surface area contributed by atoms with Crippen LogP contribution in [0.25, 0.3) is 0 Å². The van der Waals surface area contributed by atoms with Crippen molar-refractivity contribution < 1.29 is 4.79 Å². The molecule has 0 saturated carbocycles. The van der Waals surface area contributed by atoms with Gasteiger partial charge in [-0.3, -0.25) is 4.79 Å². The number of hydrogen-bond acceptors (Lipinski definition) is 2. The van der Waals surface area contributed by atoms with Crippen LogP contribution in [0.5, 0.6) is 0 Å². The number of aryl methyl sites for hydroxylation is 1. The maximum atomic E-state index is 12.3. The Morgan fingerprint density at radius 1 is 1.05 bits per heavy atom. The lowest BCUT2D eigenvalue weighted by Crippen LogP contribution is -2.18. The number of carbonyl (C=O) groups excluding carboxylic acids is 1. The molecule has 0 bridgehead atoms. The van der Waals surface area contributed by atoms with Gasteiger partial charge in [-0.1, -0.05) is 24.3 Å². The van der Waals surface area contributed by atoms with Gasteiger partial charge in [0.25, 0.3) is 5.91 Å². The van der Waals surface area contributed by atoms with Crippen molar-refractivity contribution in [1.82, 2.24) is 0 Å². The third-order valence-electron chi connectivity index (χ3n) is 2.91. The van der Waals surface area contributed by atoms with Gasteiger partial charge in [-0.05, 0) is 36.8 Å². The lowest BCUT2D eigenvalue weighted by atomic mass is 10.1. The molecule has 0 unspecified atom stereocenters. The van der Waals surface area contributed by atoms with E-state index in [0.29, 0.717) is 5.56 Å². The third kappa shape index (κ3) is 3.13. The predicted octanol–water partition coefficient (Wildman–Crippen LogP) is 3.31. The molecule has 2 aromatic carbocycles. The minimum absolute atomic E-state index is 0.0881. The van der Waals surface area contributed by atoms with Gasteiger partial charge >= 0.3 is 0 Å². The summed E-state index contributed by atoms with van der Waals surface area (Å²) in [5.74, 6) is -0.0881. The Morgan fingerprint density at radius 2 is 1.79 bits per heavy atom. The second kappa shape index (κ2) is 5.57. The molecule has 0 aliphatic rings. The second-order valence-corrected chi connectivity index (χ2v) is 4.74. The van der Waals surface area contributed by atoms with Crippen LogP contribution in [-0.4, -0.2) is 20.0 Å². The summed E-state index contributed by atoms with van der Waals surface area (Å²) < 4.78 is 0. The molecule has 3 nitrogen and oxygen atoms in total. The van der Waals surface area contributed by atoms with Gasteiger partial charge in [0.05, 0.1) is 5.56 Å². The monoisotopic (exact) mass is 254 g/mol. The van der Waals surface area contributed by atoms with Gasteiger partial charge in [0.2, 0.25) is 0 Å². The highest BCUT2D eigenvalue weighted by atomic mass is 16.1. The molecule has 19 heavy (non-hydrogen) atoms. The molecule has 0 radical (unpaired) electrons. The number of amides is 1. The molecular weight excluding hydrogens is 236 g/mol. The van der Waals surface area contributed by atoms with E-state index in [4.69, 9.17) is 0 Å². The smallest absolute Gasteiger partial charge is 0.257 e. The predicted molar refractivity (Wildman–Crippen MR) is 79.9 cm³/mol. The molecule has 0 aliphatic carbocycles. The van der Waals surface area contributed by atoms with Crippen molar-refractivity contribution >= 4 is 17.3 Å². The van der Waals surface area contributed by atoms with Crippen molar-refractivity contribution in [2.75, 3.05) is 24.3 Å². The SMILES string of the molecule is Cc1cccc(NC(=O)c2ccccc2N(C)C)c1. The molecule has 0 heterocycles. The largest absolute Gasteiger partial charge is 0.377 e. The number of benzene rings is 2. The van der Waals surface area contributed by atoms with E-state index in [1.165, 1.54) is 0 Å². The molecule has 1 amide bonds. The zero-order chi connectivity index (χ0) is 13.8. The van der Waals surface area contributed by atoms with Gasteiger partial charge < -0.3 is 10.2 Å². The average Bonchev–Trinajstić information content (AvgIpc) is 2.38. The maximum Gasteiger partial charge on any atom is 0.257 e. The van der Waals surface area contributed by atoms with Crippen LogP contribution in [0.3, 0.4) is 0 Å². The van der Waals surface area contributed by atoms with Crippen LogP contribution >= 0.6 is 0 Å². The molecule has 3 heteroatoms. The normalized spacial score (nSPS) is 10.1. The molecule has 2 rings (SSSR count). The van der Waals surface area contributed by atoms with Crippen molar-refractivity contribution in [3.63, 3.8) is 0 Å². The van der Waals surface area contributed by atoms with E-state index in [0.717, 1.165) is 16.9 Å². The van der Waals surface area contributed by atoms with Crippen molar-refractivity contribution in [3.05, 3.63) is 59.7 Å². The Balaban J connectivity index is 2.25. The summed E-state index contributed by atoms with van der Waals surface area (Å²) in [4.78, 5) is 14.2. The molecule has 1 N–H and O–H groups in total. The van der Waals surface area contributed by atoms with Crippen LogP contribution in [0.1, 0.15) is 15.9 Å². The van der Waals surface area contributed by atoms with E-state index in [1.807, 2.05) is 74.4 Å². The standard InChI is InChI=1S/C16H18N2O/c1-12-7-6-8-13(11-12)17-16(19)14-9-4-5-10-15(14)18(2)3/h4-11H,1-3H3,(H,17,19). The summed E-state index contributed by atoms with van der Waals surface area (Å²) in [5.41, 5.74) is 3.53. The van der Waals surface area contributed by atoms with E-state index in [2.05, 4.69) is 5.32 Å². The minimum atomic E-state index is -0.0881. The first-order chi connectivity index (χ1) is 9.08. The first-order valence-corrected chi connectivity index (χ1v) is 6.22. The van der Waals surface area contributed by atoms with Gasteiger partial charge in [0, 0.05) is 25.5 Å². The van der Waals surface area contributed by atoms with Crippen molar-refractivity contribution in [2.45, 2.75) is 6.92 Å². The van der Waals surface area contributed by atoms with E-state index in [9.17, 15) is 4.79 Å². The first kappa shape index (κ1) is 13.1. The Morgan fingerprint density at radius 3 is 2.47 bits per heavy atom. The molecule has 2 aromatic rings. The molecular formula is C16H18N2O. The summed E-state index contributed by atoms with van der Waals surface area (Å²) >= 11 is 0. The molecule has 0 saturated heterocycles.